The second-order valence-corrected chi connectivity index (χ2v) is 6.97. The van der Waals surface area contributed by atoms with Crippen molar-refractivity contribution in [2.45, 2.75) is 25.5 Å². The molecule has 1 atom stereocenters. The summed E-state index contributed by atoms with van der Waals surface area (Å²) >= 11 is 0. The number of aromatic nitrogens is 2. The minimum atomic E-state index is -0.989. The maximum Gasteiger partial charge on any atom is 0.271 e. The van der Waals surface area contributed by atoms with Crippen LogP contribution in [0.2, 0.25) is 0 Å². The van der Waals surface area contributed by atoms with Crippen LogP contribution in [0.15, 0.2) is 36.4 Å². The van der Waals surface area contributed by atoms with Crippen LogP contribution in [0.25, 0.3) is 0 Å². The van der Waals surface area contributed by atoms with E-state index in [-0.39, 0.29) is 5.91 Å². The molecule has 2 aromatic rings. The molecule has 0 spiro atoms. The van der Waals surface area contributed by atoms with Gasteiger partial charge in [0.15, 0.2) is 0 Å². The topological polar surface area (TPSA) is 74.8 Å². The van der Waals surface area contributed by atoms with E-state index in [0.717, 1.165) is 11.3 Å². The highest BCUT2D eigenvalue weighted by Gasteiger charge is 2.12. The summed E-state index contributed by atoms with van der Waals surface area (Å²) < 4.78 is 12.0. The number of H-pyrrole nitrogens is 1. The Morgan fingerprint density at radius 2 is 2.05 bits per heavy atom. The Labute approximate surface area is 133 Å². The van der Waals surface area contributed by atoms with Crippen molar-refractivity contribution in [3.8, 4) is 0 Å². The number of rotatable bonds is 7. The van der Waals surface area contributed by atoms with Crippen molar-refractivity contribution in [3.05, 3.63) is 53.3 Å². The van der Waals surface area contributed by atoms with Gasteiger partial charge in [-0.3, -0.25) is 14.1 Å². The minimum Gasteiger partial charge on any atom is -0.350 e. The number of benzene rings is 1. The molecule has 0 aliphatic rings. The summed E-state index contributed by atoms with van der Waals surface area (Å²) in [7, 11) is -0.989. The van der Waals surface area contributed by atoms with Crippen molar-refractivity contribution in [3.63, 3.8) is 0 Å². The summed E-state index contributed by atoms with van der Waals surface area (Å²) in [5.74, 6) is 1.01. The highest BCUT2D eigenvalue weighted by Crippen LogP contribution is 2.11. The molecule has 0 saturated heterocycles. The molecular weight excluding hydrogens is 298 g/mol. The lowest BCUT2D eigenvalue weighted by atomic mass is 10.1. The summed E-state index contributed by atoms with van der Waals surface area (Å²) in [6, 6.07) is 11.4. The average Bonchev–Trinajstić information content (AvgIpc) is 2.98. The lowest BCUT2D eigenvalue weighted by Crippen LogP contribution is -2.28. The summed E-state index contributed by atoms with van der Waals surface area (Å²) in [6.45, 7) is 4.44. The Balaban J connectivity index is 1.75. The van der Waals surface area contributed by atoms with Crippen LogP contribution in [-0.4, -0.2) is 32.6 Å². The molecule has 0 aliphatic heterocycles. The second-order valence-electron chi connectivity index (χ2n) is 5.39. The molecule has 0 saturated carbocycles. The van der Waals surface area contributed by atoms with Crippen molar-refractivity contribution in [1.82, 2.24) is 15.5 Å². The van der Waals surface area contributed by atoms with Gasteiger partial charge in [-0.2, -0.15) is 5.10 Å². The van der Waals surface area contributed by atoms with Gasteiger partial charge < -0.3 is 5.32 Å². The Morgan fingerprint density at radius 1 is 1.32 bits per heavy atom. The molecule has 5 nitrogen and oxygen atoms in total. The van der Waals surface area contributed by atoms with Gasteiger partial charge in [0.1, 0.15) is 5.69 Å². The standard InChI is InChI=1S/C16H21N3O2S/c1-12(2)14-10-15(19-18-14)16(20)17-8-9-22(21)11-13-6-4-3-5-7-13/h3-7,10,12H,8-9,11H2,1-2H3,(H,17,20)(H,18,19)/t22-/m0/s1. The smallest absolute Gasteiger partial charge is 0.271 e. The van der Waals surface area contributed by atoms with E-state index in [1.54, 1.807) is 6.07 Å². The Hall–Kier alpha value is -1.95. The molecule has 1 amide bonds. The first-order valence-corrected chi connectivity index (χ1v) is 8.77. The van der Waals surface area contributed by atoms with E-state index in [1.165, 1.54) is 0 Å². The zero-order chi connectivity index (χ0) is 15.9. The third-order valence-corrected chi connectivity index (χ3v) is 4.55. The zero-order valence-corrected chi connectivity index (χ0v) is 13.7. The third-order valence-electron chi connectivity index (χ3n) is 3.24. The lowest BCUT2D eigenvalue weighted by molar-refractivity contribution is 0.0951. The van der Waals surface area contributed by atoms with Crippen LogP contribution < -0.4 is 5.32 Å². The van der Waals surface area contributed by atoms with Crippen molar-refractivity contribution in [2.75, 3.05) is 12.3 Å². The fourth-order valence-corrected chi connectivity index (χ4v) is 2.99. The van der Waals surface area contributed by atoms with Gasteiger partial charge in [0, 0.05) is 34.5 Å². The highest BCUT2D eigenvalue weighted by molar-refractivity contribution is 7.84. The molecular formula is C16H21N3O2S. The van der Waals surface area contributed by atoms with E-state index < -0.39 is 10.8 Å². The molecule has 1 heterocycles. The molecule has 0 aliphatic carbocycles. The molecule has 0 fully saturated rings. The maximum absolute atomic E-state index is 12.0. The van der Waals surface area contributed by atoms with E-state index in [9.17, 15) is 9.00 Å². The number of hydrogen-bond acceptors (Lipinski definition) is 3. The first-order chi connectivity index (χ1) is 10.6. The molecule has 118 valence electrons. The first-order valence-electron chi connectivity index (χ1n) is 7.28. The van der Waals surface area contributed by atoms with Crippen LogP contribution in [0, 0.1) is 0 Å². The first kappa shape index (κ1) is 16.4. The minimum absolute atomic E-state index is 0.236. The van der Waals surface area contributed by atoms with Gasteiger partial charge in [0.05, 0.1) is 0 Å². The number of amides is 1. The molecule has 0 radical (unpaired) electrons. The van der Waals surface area contributed by atoms with Crippen LogP contribution in [0.1, 0.15) is 41.5 Å². The number of nitrogens with one attached hydrogen (secondary N) is 2. The van der Waals surface area contributed by atoms with Crippen molar-refractivity contribution in [2.24, 2.45) is 0 Å². The molecule has 22 heavy (non-hydrogen) atoms. The van der Waals surface area contributed by atoms with Crippen molar-refractivity contribution < 1.29 is 9.00 Å². The van der Waals surface area contributed by atoms with E-state index >= 15 is 0 Å². The summed E-state index contributed by atoms with van der Waals surface area (Å²) in [5, 5.41) is 9.59. The van der Waals surface area contributed by atoms with E-state index in [2.05, 4.69) is 15.5 Å². The number of carbonyl (C=O) groups is 1. The molecule has 2 N–H and O–H groups in total. The summed E-state index contributed by atoms with van der Waals surface area (Å²) in [5.41, 5.74) is 2.34. The monoisotopic (exact) mass is 319 g/mol. The Bertz CT molecular complexity index is 638. The van der Waals surface area contributed by atoms with Crippen LogP contribution in [0.3, 0.4) is 0 Å². The SMILES string of the molecule is CC(C)c1cc(C(=O)NCC[S@](=O)Cc2ccccc2)n[nH]1. The predicted molar refractivity (Wildman–Crippen MR) is 88.2 cm³/mol. The molecule has 1 aromatic heterocycles. The average molecular weight is 319 g/mol. The van der Waals surface area contributed by atoms with Crippen LogP contribution in [0.4, 0.5) is 0 Å². The van der Waals surface area contributed by atoms with Crippen molar-refractivity contribution >= 4 is 16.7 Å². The molecule has 6 heteroatoms. The molecule has 0 unspecified atom stereocenters. The van der Waals surface area contributed by atoms with E-state index in [0.29, 0.717) is 29.7 Å². The highest BCUT2D eigenvalue weighted by atomic mass is 32.2. The summed E-state index contributed by atoms with van der Waals surface area (Å²) in [6.07, 6.45) is 0. The number of aromatic amines is 1. The van der Waals surface area contributed by atoms with Crippen molar-refractivity contribution in [1.29, 1.82) is 0 Å². The predicted octanol–water partition coefficient (Wildman–Crippen LogP) is 2.21. The zero-order valence-electron chi connectivity index (χ0n) is 12.8. The fraction of sp³-hybridized carbons (Fsp3) is 0.375. The normalized spacial score (nSPS) is 12.3. The molecule has 2 rings (SSSR count). The third kappa shape index (κ3) is 4.80. The van der Waals surface area contributed by atoms with Gasteiger partial charge in [-0.1, -0.05) is 44.2 Å². The number of carbonyl (C=O) groups excluding carboxylic acids is 1. The van der Waals surface area contributed by atoms with Crippen LogP contribution in [-0.2, 0) is 16.6 Å². The van der Waals surface area contributed by atoms with Gasteiger partial charge in [0.2, 0.25) is 0 Å². The van der Waals surface area contributed by atoms with Gasteiger partial charge >= 0.3 is 0 Å². The molecule has 1 aromatic carbocycles. The largest absolute Gasteiger partial charge is 0.350 e. The van der Waals surface area contributed by atoms with Gasteiger partial charge in [0.25, 0.3) is 5.91 Å². The van der Waals surface area contributed by atoms with Gasteiger partial charge in [-0.05, 0) is 17.5 Å². The number of nitrogens with zero attached hydrogens (tertiary/aromatic N) is 1. The maximum atomic E-state index is 12.0. The number of hydrogen-bond donors (Lipinski definition) is 2. The Morgan fingerprint density at radius 3 is 2.68 bits per heavy atom. The van der Waals surface area contributed by atoms with E-state index in [4.69, 9.17) is 0 Å². The van der Waals surface area contributed by atoms with Crippen LogP contribution >= 0.6 is 0 Å². The lowest BCUT2D eigenvalue weighted by Gasteiger charge is -2.04. The fourth-order valence-electron chi connectivity index (χ4n) is 1.95. The molecule has 0 bridgehead atoms. The van der Waals surface area contributed by atoms with Gasteiger partial charge in [-0.15, -0.1) is 0 Å². The second kappa shape index (κ2) is 7.89. The Kier molecular flexibility index (Phi) is 5.89. The van der Waals surface area contributed by atoms with Crippen LogP contribution in [0.5, 0.6) is 0 Å². The summed E-state index contributed by atoms with van der Waals surface area (Å²) in [4.78, 5) is 11.9. The van der Waals surface area contributed by atoms with Gasteiger partial charge in [-0.25, -0.2) is 0 Å². The van der Waals surface area contributed by atoms with E-state index in [1.807, 2.05) is 44.2 Å². The quantitative estimate of drug-likeness (QED) is 0.821.